The van der Waals surface area contributed by atoms with E-state index in [1.54, 1.807) is 0 Å². The monoisotopic (exact) mass is 296 g/mol. The minimum Gasteiger partial charge on any atom is -0.375 e. The van der Waals surface area contributed by atoms with Gasteiger partial charge in [-0.15, -0.1) is 0 Å². The van der Waals surface area contributed by atoms with Crippen molar-refractivity contribution in [2.24, 2.45) is 5.92 Å². The van der Waals surface area contributed by atoms with Gasteiger partial charge in [0.2, 0.25) is 5.91 Å². The molecule has 0 aliphatic carbocycles. The number of carbonyl (C=O) groups is 1. The van der Waals surface area contributed by atoms with Crippen LogP contribution in [0.4, 0.5) is 0 Å². The normalized spacial score (nSPS) is 33.0. The Hall–Kier alpha value is -0.610. The number of ether oxygens (including phenoxy) is 1. The summed E-state index contributed by atoms with van der Waals surface area (Å²) >= 11 is 0. The number of carbonyl (C=O) groups excluding carboxylic acids is 1. The molecule has 122 valence electrons. The van der Waals surface area contributed by atoms with Crippen LogP contribution in [0.5, 0.6) is 0 Å². The molecule has 1 N–H and O–H groups in total. The van der Waals surface area contributed by atoms with E-state index in [0.717, 1.165) is 38.7 Å². The van der Waals surface area contributed by atoms with Gasteiger partial charge in [0.25, 0.3) is 0 Å². The van der Waals surface area contributed by atoms with Crippen molar-refractivity contribution >= 4 is 5.91 Å². The molecule has 0 spiro atoms. The van der Waals surface area contributed by atoms with Crippen LogP contribution in [0.1, 0.15) is 66.7 Å². The van der Waals surface area contributed by atoms with E-state index in [9.17, 15) is 4.79 Å². The van der Waals surface area contributed by atoms with Crippen molar-refractivity contribution in [3.63, 3.8) is 0 Å². The quantitative estimate of drug-likeness (QED) is 0.848. The maximum atomic E-state index is 12.8. The highest BCUT2D eigenvalue weighted by Gasteiger charge is 2.46. The molecule has 2 saturated heterocycles. The summed E-state index contributed by atoms with van der Waals surface area (Å²) < 4.78 is 6.07. The van der Waals surface area contributed by atoms with E-state index in [-0.39, 0.29) is 17.8 Å². The van der Waals surface area contributed by atoms with E-state index >= 15 is 0 Å². The van der Waals surface area contributed by atoms with Crippen molar-refractivity contribution in [2.45, 2.75) is 90.6 Å². The third-order valence-electron chi connectivity index (χ3n) is 5.43. The van der Waals surface area contributed by atoms with Crippen molar-refractivity contribution in [3.8, 4) is 0 Å². The van der Waals surface area contributed by atoms with Gasteiger partial charge in [-0.2, -0.15) is 0 Å². The minimum absolute atomic E-state index is 0.0181. The lowest BCUT2D eigenvalue weighted by molar-refractivity contribution is -0.143. The van der Waals surface area contributed by atoms with Gasteiger partial charge in [0.05, 0.1) is 17.8 Å². The summed E-state index contributed by atoms with van der Waals surface area (Å²) in [6.07, 6.45) is 5.17. The number of hydrogen-bond donors (Lipinski definition) is 1. The second-order valence-electron chi connectivity index (χ2n) is 6.94. The predicted molar refractivity (Wildman–Crippen MR) is 85.0 cm³/mol. The molecular formula is C17H32N2O2. The second kappa shape index (κ2) is 6.66. The standard InChI is InChI=1S/C17H32N2O2/c1-6-14-18-15(12(4)5)16(20)19(14)13-9-10-21-17(7-2,8-3)11-13/h12-15,18H,6-11H2,1-5H3. The molecule has 3 atom stereocenters. The van der Waals surface area contributed by atoms with E-state index in [2.05, 4.69) is 44.8 Å². The van der Waals surface area contributed by atoms with Crippen LogP contribution in [-0.2, 0) is 9.53 Å². The average Bonchev–Trinajstić information content (AvgIpc) is 2.84. The molecule has 2 aliphatic heterocycles. The maximum absolute atomic E-state index is 12.8. The van der Waals surface area contributed by atoms with Crippen molar-refractivity contribution in [3.05, 3.63) is 0 Å². The van der Waals surface area contributed by atoms with Crippen LogP contribution in [0, 0.1) is 5.92 Å². The van der Waals surface area contributed by atoms with Crippen LogP contribution < -0.4 is 5.32 Å². The zero-order valence-corrected chi connectivity index (χ0v) is 14.3. The number of nitrogens with zero attached hydrogens (tertiary/aromatic N) is 1. The van der Waals surface area contributed by atoms with Gasteiger partial charge in [-0.25, -0.2) is 0 Å². The summed E-state index contributed by atoms with van der Waals surface area (Å²) in [5, 5.41) is 3.54. The SMILES string of the molecule is CCC1NC(C(C)C)C(=O)N1C1CCOC(CC)(CC)C1. The molecule has 0 aromatic heterocycles. The van der Waals surface area contributed by atoms with Crippen molar-refractivity contribution < 1.29 is 9.53 Å². The Morgan fingerprint density at radius 3 is 2.52 bits per heavy atom. The average molecular weight is 296 g/mol. The zero-order valence-electron chi connectivity index (χ0n) is 14.3. The first kappa shape index (κ1) is 16.8. The van der Waals surface area contributed by atoms with Crippen LogP contribution in [0.3, 0.4) is 0 Å². The largest absolute Gasteiger partial charge is 0.375 e. The highest BCUT2D eigenvalue weighted by Crippen LogP contribution is 2.36. The molecule has 0 radical (unpaired) electrons. The lowest BCUT2D eigenvalue weighted by Gasteiger charge is -2.44. The fourth-order valence-electron chi connectivity index (χ4n) is 3.88. The molecule has 0 aromatic carbocycles. The Kier molecular flexibility index (Phi) is 5.31. The fourth-order valence-corrected chi connectivity index (χ4v) is 3.88. The minimum atomic E-state index is -0.0304. The Morgan fingerprint density at radius 2 is 2.00 bits per heavy atom. The van der Waals surface area contributed by atoms with Gasteiger partial charge in [0.1, 0.15) is 0 Å². The maximum Gasteiger partial charge on any atom is 0.241 e. The number of rotatable bonds is 5. The van der Waals surface area contributed by atoms with E-state index in [4.69, 9.17) is 4.74 Å². The predicted octanol–water partition coefficient (Wildman–Crippen LogP) is 2.92. The Bertz CT molecular complexity index is 366. The third kappa shape index (κ3) is 3.11. The van der Waals surface area contributed by atoms with Gasteiger partial charge in [-0.3, -0.25) is 10.1 Å². The molecular weight excluding hydrogens is 264 g/mol. The summed E-state index contributed by atoms with van der Waals surface area (Å²) in [4.78, 5) is 15.0. The van der Waals surface area contributed by atoms with Gasteiger partial charge in [-0.05, 0) is 38.0 Å². The van der Waals surface area contributed by atoms with Crippen LogP contribution >= 0.6 is 0 Å². The Labute approximate surface area is 129 Å². The molecule has 2 aliphatic rings. The Morgan fingerprint density at radius 1 is 1.33 bits per heavy atom. The van der Waals surface area contributed by atoms with Crippen molar-refractivity contribution in [2.75, 3.05) is 6.61 Å². The summed E-state index contributed by atoms with van der Waals surface area (Å²) in [7, 11) is 0. The van der Waals surface area contributed by atoms with Gasteiger partial charge >= 0.3 is 0 Å². The number of amides is 1. The van der Waals surface area contributed by atoms with Gasteiger partial charge in [0, 0.05) is 12.6 Å². The van der Waals surface area contributed by atoms with Gasteiger partial charge < -0.3 is 9.64 Å². The lowest BCUT2D eigenvalue weighted by atomic mass is 9.85. The van der Waals surface area contributed by atoms with E-state index in [1.807, 2.05) is 0 Å². The van der Waals surface area contributed by atoms with Crippen LogP contribution in [0.25, 0.3) is 0 Å². The second-order valence-corrected chi connectivity index (χ2v) is 6.94. The highest BCUT2D eigenvalue weighted by molar-refractivity contribution is 5.85. The smallest absolute Gasteiger partial charge is 0.241 e. The number of hydrogen-bond acceptors (Lipinski definition) is 3. The molecule has 0 saturated carbocycles. The van der Waals surface area contributed by atoms with E-state index in [0.29, 0.717) is 17.9 Å². The summed E-state index contributed by atoms with van der Waals surface area (Å²) in [5.74, 6) is 0.642. The van der Waals surface area contributed by atoms with Crippen LogP contribution in [-0.4, -0.2) is 41.3 Å². The molecule has 21 heavy (non-hydrogen) atoms. The molecule has 0 aromatic rings. The first-order valence-electron chi connectivity index (χ1n) is 8.70. The summed E-state index contributed by atoms with van der Waals surface area (Å²) in [6.45, 7) is 11.6. The number of nitrogens with one attached hydrogen (secondary N) is 1. The molecule has 3 unspecified atom stereocenters. The molecule has 2 heterocycles. The molecule has 2 fully saturated rings. The molecule has 4 heteroatoms. The topological polar surface area (TPSA) is 41.6 Å². The Balaban J connectivity index is 2.17. The summed E-state index contributed by atoms with van der Waals surface area (Å²) in [5.41, 5.74) is -0.0304. The fraction of sp³-hybridized carbons (Fsp3) is 0.941. The molecule has 2 rings (SSSR count). The van der Waals surface area contributed by atoms with Crippen molar-refractivity contribution in [1.29, 1.82) is 0 Å². The molecule has 0 bridgehead atoms. The van der Waals surface area contributed by atoms with Gasteiger partial charge in [0.15, 0.2) is 0 Å². The van der Waals surface area contributed by atoms with E-state index < -0.39 is 0 Å². The van der Waals surface area contributed by atoms with Crippen LogP contribution in [0.15, 0.2) is 0 Å². The summed E-state index contributed by atoms with van der Waals surface area (Å²) in [6, 6.07) is 0.308. The van der Waals surface area contributed by atoms with Crippen LogP contribution in [0.2, 0.25) is 0 Å². The third-order valence-corrected chi connectivity index (χ3v) is 5.43. The van der Waals surface area contributed by atoms with E-state index in [1.165, 1.54) is 0 Å². The highest BCUT2D eigenvalue weighted by atomic mass is 16.5. The lowest BCUT2D eigenvalue weighted by Crippen LogP contribution is -2.52. The first-order chi connectivity index (χ1) is 9.98. The van der Waals surface area contributed by atoms with Crippen molar-refractivity contribution in [1.82, 2.24) is 10.2 Å². The zero-order chi connectivity index (χ0) is 15.6. The molecule has 1 amide bonds. The first-order valence-corrected chi connectivity index (χ1v) is 8.70. The van der Waals surface area contributed by atoms with Gasteiger partial charge in [-0.1, -0.05) is 34.6 Å². The molecule has 4 nitrogen and oxygen atoms in total.